The average molecular weight is 574 g/mol. The molecule has 0 saturated carbocycles. The van der Waals surface area contributed by atoms with Gasteiger partial charge in [0.15, 0.2) is 0 Å². The lowest BCUT2D eigenvalue weighted by molar-refractivity contribution is 0.00546. The fourth-order valence-electron chi connectivity index (χ4n) is 3.93. The molecule has 0 aliphatic rings. The van der Waals surface area contributed by atoms with E-state index < -0.39 is 39.6 Å². The molecule has 0 radical (unpaired) electrons. The summed E-state index contributed by atoms with van der Waals surface area (Å²) in [6.07, 6.45) is -1.21. The number of amides is 1. The van der Waals surface area contributed by atoms with Crippen LogP contribution in [0, 0.1) is 0 Å². The van der Waals surface area contributed by atoms with Crippen LogP contribution in [0.2, 0.25) is 5.02 Å². The maximum Gasteiger partial charge on any atom is 0.410 e. The molecule has 3 rings (SSSR count). The number of carboxylic acids is 1. The average Bonchev–Trinajstić information content (AvgIpc) is 2.86. The van der Waals surface area contributed by atoms with E-state index in [1.54, 1.807) is 57.2 Å². The van der Waals surface area contributed by atoms with E-state index in [0.717, 1.165) is 5.56 Å². The predicted molar refractivity (Wildman–Crippen MR) is 148 cm³/mol. The van der Waals surface area contributed by atoms with Crippen LogP contribution in [0.3, 0.4) is 0 Å². The van der Waals surface area contributed by atoms with Crippen LogP contribution >= 0.6 is 11.6 Å². The number of hydrogen-bond acceptors (Lipinski definition) is 6. The molecule has 39 heavy (non-hydrogen) atoms. The Kier molecular flexibility index (Phi) is 9.43. The quantitative estimate of drug-likeness (QED) is 0.333. The minimum absolute atomic E-state index is 0.00620. The van der Waals surface area contributed by atoms with Crippen LogP contribution in [0.5, 0.6) is 0 Å². The van der Waals surface area contributed by atoms with Gasteiger partial charge in [-0.25, -0.2) is 18.0 Å². The van der Waals surface area contributed by atoms with Crippen molar-refractivity contribution in [3.63, 3.8) is 0 Å². The number of aliphatic hydroxyl groups is 1. The molecule has 0 aromatic heterocycles. The fraction of sp³-hybridized carbons (Fsp3) is 0.310. The first kappa shape index (κ1) is 30.1. The Bertz CT molecular complexity index is 1420. The van der Waals surface area contributed by atoms with Crippen LogP contribution < -0.4 is 0 Å². The lowest BCUT2D eigenvalue weighted by Crippen LogP contribution is -2.45. The largest absolute Gasteiger partial charge is 0.478 e. The number of carboxylic acid groups (broad SMARTS) is 1. The molecule has 0 heterocycles. The summed E-state index contributed by atoms with van der Waals surface area (Å²) in [5.74, 6) is -1.14. The van der Waals surface area contributed by atoms with Crippen molar-refractivity contribution in [1.29, 1.82) is 0 Å². The van der Waals surface area contributed by atoms with Gasteiger partial charge in [0, 0.05) is 11.1 Å². The third kappa shape index (κ3) is 8.05. The second kappa shape index (κ2) is 12.2. The Hall–Kier alpha value is -3.40. The molecule has 2 atom stereocenters. The minimum Gasteiger partial charge on any atom is -0.478 e. The molecule has 0 aliphatic heterocycles. The molecule has 3 aromatic rings. The van der Waals surface area contributed by atoms with Crippen molar-refractivity contribution in [1.82, 2.24) is 4.90 Å². The lowest BCUT2D eigenvalue weighted by Gasteiger charge is -2.33. The Morgan fingerprint density at radius 2 is 1.54 bits per heavy atom. The highest BCUT2D eigenvalue weighted by atomic mass is 35.5. The topological polar surface area (TPSA) is 121 Å². The van der Waals surface area contributed by atoms with Gasteiger partial charge in [0.25, 0.3) is 0 Å². The highest BCUT2D eigenvalue weighted by Gasteiger charge is 2.29. The van der Waals surface area contributed by atoms with Crippen LogP contribution in [0.1, 0.15) is 55.3 Å². The number of hydrogen-bond donors (Lipinski definition) is 2. The Labute approximate surface area is 233 Å². The monoisotopic (exact) mass is 573 g/mol. The Morgan fingerprint density at radius 3 is 2.05 bits per heavy atom. The molecule has 10 heteroatoms. The van der Waals surface area contributed by atoms with E-state index in [4.69, 9.17) is 21.4 Å². The van der Waals surface area contributed by atoms with Gasteiger partial charge in [0.05, 0.1) is 28.0 Å². The van der Waals surface area contributed by atoms with E-state index >= 15 is 0 Å². The number of rotatable bonds is 9. The van der Waals surface area contributed by atoms with Gasteiger partial charge in [0.2, 0.25) is 9.84 Å². The summed E-state index contributed by atoms with van der Waals surface area (Å²) in [7, 11) is -3.85. The van der Waals surface area contributed by atoms with Crippen molar-refractivity contribution in [3.05, 3.63) is 94.5 Å². The first-order valence-corrected chi connectivity index (χ1v) is 14.1. The molecule has 208 valence electrons. The van der Waals surface area contributed by atoms with E-state index in [1.165, 1.54) is 41.3 Å². The number of carbonyl (C=O) groups is 2. The summed E-state index contributed by atoms with van der Waals surface area (Å²) in [6.45, 7) is 7.07. The second-order valence-corrected chi connectivity index (χ2v) is 12.6. The summed E-state index contributed by atoms with van der Waals surface area (Å²) in [4.78, 5) is 25.6. The van der Waals surface area contributed by atoms with Gasteiger partial charge in [-0.05, 0) is 93.8 Å². The number of nitrogens with zero attached hydrogens (tertiary/aromatic N) is 1. The van der Waals surface area contributed by atoms with Crippen LogP contribution in [0.15, 0.2) is 82.6 Å². The summed E-state index contributed by atoms with van der Waals surface area (Å²) < 4.78 is 31.6. The van der Waals surface area contributed by atoms with Gasteiger partial charge >= 0.3 is 12.1 Å². The number of aromatic carboxylic acids is 1. The van der Waals surface area contributed by atoms with E-state index in [9.17, 15) is 23.1 Å². The number of halogens is 1. The summed E-state index contributed by atoms with van der Waals surface area (Å²) in [6, 6.07) is 17.7. The molecule has 8 nitrogen and oxygen atoms in total. The van der Waals surface area contributed by atoms with E-state index in [2.05, 4.69) is 0 Å². The van der Waals surface area contributed by atoms with Crippen molar-refractivity contribution < 1.29 is 33.0 Å². The van der Waals surface area contributed by atoms with Crippen LogP contribution in [-0.4, -0.2) is 53.8 Å². The lowest BCUT2D eigenvalue weighted by atomic mass is 10.0. The molecule has 0 unspecified atom stereocenters. The van der Waals surface area contributed by atoms with Crippen molar-refractivity contribution in [2.24, 2.45) is 0 Å². The predicted octanol–water partition coefficient (Wildman–Crippen LogP) is 5.77. The van der Waals surface area contributed by atoms with Crippen molar-refractivity contribution in [3.8, 4) is 0 Å². The Morgan fingerprint density at radius 1 is 0.974 bits per heavy atom. The molecular weight excluding hydrogens is 542 g/mol. The van der Waals surface area contributed by atoms with Gasteiger partial charge in [-0.3, -0.25) is 0 Å². The van der Waals surface area contributed by atoms with Crippen molar-refractivity contribution in [2.75, 3.05) is 6.54 Å². The minimum atomic E-state index is -3.85. The van der Waals surface area contributed by atoms with Gasteiger partial charge < -0.3 is 19.8 Å². The highest BCUT2D eigenvalue weighted by Crippen LogP contribution is 2.25. The molecule has 0 spiro atoms. The zero-order valence-electron chi connectivity index (χ0n) is 22.2. The molecule has 0 fully saturated rings. The van der Waals surface area contributed by atoms with Gasteiger partial charge in [-0.1, -0.05) is 35.9 Å². The summed E-state index contributed by atoms with van der Waals surface area (Å²) in [5, 5.41) is 20.4. The normalized spacial score (nSPS) is 13.4. The summed E-state index contributed by atoms with van der Waals surface area (Å²) >= 11 is 6.07. The molecule has 0 saturated heterocycles. The molecular formula is C29H32ClNO7S. The molecule has 3 aromatic carbocycles. The molecule has 0 bridgehead atoms. The molecule has 1 amide bonds. The van der Waals surface area contributed by atoms with Gasteiger partial charge in [-0.15, -0.1) is 0 Å². The van der Waals surface area contributed by atoms with E-state index in [1.807, 2.05) is 6.92 Å². The molecule has 2 N–H and O–H groups in total. The number of sulfone groups is 1. The Balaban J connectivity index is 1.79. The van der Waals surface area contributed by atoms with Gasteiger partial charge in [-0.2, -0.15) is 0 Å². The number of carbonyl (C=O) groups excluding carboxylic acids is 1. The zero-order chi connectivity index (χ0) is 29.0. The number of benzene rings is 3. The highest BCUT2D eigenvalue weighted by molar-refractivity contribution is 7.91. The second-order valence-electron chi connectivity index (χ2n) is 10.2. The molecule has 0 aliphatic carbocycles. The number of aliphatic hydroxyl groups excluding tert-OH is 1. The first-order valence-electron chi connectivity index (χ1n) is 12.3. The standard InChI is InChI=1S/C29H32ClNO7S/c1-19(31(28(35)38-29(2,3)4)18-26(32)22-6-5-7-23(30)17-22)16-20-8-12-24(13-9-20)39(36,37)25-14-10-21(11-15-25)27(33)34/h5-15,17,19,26,32H,16,18H2,1-4H3,(H,33,34)/t19-,26+/m1/s1. The van der Waals surface area contributed by atoms with E-state index in [-0.39, 0.29) is 21.9 Å². The van der Waals surface area contributed by atoms with Crippen LogP contribution in [-0.2, 0) is 21.0 Å². The SMILES string of the molecule is C[C@H](Cc1ccc(S(=O)(=O)c2ccc(C(=O)O)cc2)cc1)N(C[C@H](O)c1cccc(Cl)c1)C(=O)OC(C)(C)C. The summed E-state index contributed by atoms with van der Waals surface area (Å²) in [5.41, 5.74) is 0.588. The maximum absolute atomic E-state index is 13.1. The first-order chi connectivity index (χ1) is 18.2. The van der Waals surface area contributed by atoms with Crippen molar-refractivity contribution >= 4 is 33.5 Å². The van der Waals surface area contributed by atoms with Crippen LogP contribution in [0.4, 0.5) is 4.79 Å². The maximum atomic E-state index is 13.1. The number of ether oxygens (including phenoxy) is 1. The van der Waals surface area contributed by atoms with Gasteiger partial charge in [0.1, 0.15) is 5.60 Å². The van der Waals surface area contributed by atoms with Crippen LogP contribution in [0.25, 0.3) is 0 Å². The zero-order valence-corrected chi connectivity index (χ0v) is 23.7. The van der Waals surface area contributed by atoms with Crippen molar-refractivity contribution in [2.45, 2.75) is 61.7 Å². The fourth-order valence-corrected chi connectivity index (χ4v) is 5.39. The third-order valence-corrected chi connectivity index (χ3v) is 7.96. The smallest absolute Gasteiger partial charge is 0.410 e. The van der Waals surface area contributed by atoms with E-state index in [0.29, 0.717) is 17.0 Å². The third-order valence-electron chi connectivity index (χ3n) is 5.94.